The molecule has 0 aliphatic carbocycles. The Labute approximate surface area is 189 Å². The molecular formula is C24H23FN6O2. The Hall–Kier alpha value is -4.01. The molecule has 0 fully saturated rings. The molecule has 0 radical (unpaired) electrons. The number of aryl methyl sites for hydroxylation is 1. The van der Waals surface area contributed by atoms with Gasteiger partial charge in [0.25, 0.3) is 5.91 Å². The fourth-order valence-corrected chi connectivity index (χ4v) is 4.20. The largest absolute Gasteiger partial charge is 0.361 e. The van der Waals surface area contributed by atoms with E-state index in [0.29, 0.717) is 12.2 Å². The van der Waals surface area contributed by atoms with E-state index in [4.69, 9.17) is 0 Å². The molecule has 3 N–H and O–H groups in total. The molecule has 0 saturated carbocycles. The van der Waals surface area contributed by atoms with Crippen molar-refractivity contribution in [1.82, 2.24) is 30.4 Å². The number of aromatic amines is 1. The highest BCUT2D eigenvalue weighted by molar-refractivity contribution is 5.97. The van der Waals surface area contributed by atoms with Crippen LogP contribution in [0.5, 0.6) is 0 Å². The van der Waals surface area contributed by atoms with Gasteiger partial charge in [0.15, 0.2) is 5.82 Å². The number of hydrogen-bond donors (Lipinski definition) is 3. The number of carbonyl (C=O) groups excluding carboxylic acids is 2. The summed E-state index contributed by atoms with van der Waals surface area (Å²) in [6.45, 7) is 1.07. The van der Waals surface area contributed by atoms with Crippen molar-refractivity contribution in [1.29, 1.82) is 0 Å². The summed E-state index contributed by atoms with van der Waals surface area (Å²) in [6.07, 6.45) is 4.04. The van der Waals surface area contributed by atoms with E-state index < -0.39 is 17.8 Å². The Balaban J connectivity index is 1.35. The highest BCUT2D eigenvalue weighted by Gasteiger charge is 2.24. The molecule has 2 aromatic carbocycles. The van der Waals surface area contributed by atoms with Crippen molar-refractivity contribution in [3.63, 3.8) is 0 Å². The van der Waals surface area contributed by atoms with Crippen molar-refractivity contribution in [3.05, 3.63) is 83.3 Å². The van der Waals surface area contributed by atoms with Crippen LogP contribution >= 0.6 is 0 Å². The molecule has 4 aromatic rings. The van der Waals surface area contributed by atoms with Crippen molar-refractivity contribution >= 4 is 22.7 Å². The van der Waals surface area contributed by atoms with Gasteiger partial charge >= 0.3 is 0 Å². The molecule has 2 amide bonds. The smallest absolute Gasteiger partial charge is 0.251 e. The summed E-state index contributed by atoms with van der Waals surface area (Å²) < 4.78 is 15.3. The van der Waals surface area contributed by atoms with Crippen molar-refractivity contribution in [2.45, 2.75) is 38.4 Å². The summed E-state index contributed by atoms with van der Waals surface area (Å²) in [5.74, 6) is 0.427. The van der Waals surface area contributed by atoms with E-state index in [0.717, 1.165) is 41.7 Å². The van der Waals surface area contributed by atoms with Crippen molar-refractivity contribution in [2.24, 2.45) is 0 Å². The van der Waals surface area contributed by atoms with E-state index in [1.165, 1.54) is 24.3 Å². The van der Waals surface area contributed by atoms with Gasteiger partial charge in [0, 0.05) is 42.0 Å². The maximum Gasteiger partial charge on any atom is 0.251 e. The maximum atomic E-state index is 13.3. The minimum Gasteiger partial charge on any atom is -0.361 e. The predicted molar refractivity (Wildman–Crippen MR) is 120 cm³/mol. The molecule has 1 aliphatic heterocycles. The van der Waals surface area contributed by atoms with Crippen LogP contribution < -0.4 is 10.6 Å². The van der Waals surface area contributed by atoms with Gasteiger partial charge in [0.05, 0.1) is 6.54 Å². The zero-order chi connectivity index (χ0) is 22.8. The van der Waals surface area contributed by atoms with Gasteiger partial charge in [-0.1, -0.05) is 18.2 Å². The van der Waals surface area contributed by atoms with E-state index in [1.807, 2.05) is 35.0 Å². The zero-order valence-electron chi connectivity index (χ0n) is 17.8. The summed E-state index contributed by atoms with van der Waals surface area (Å²) in [5.41, 5.74) is 2.15. The van der Waals surface area contributed by atoms with Crippen LogP contribution in [0.15, 0.2) is 54.7 Å². The molecule has 2 aromatic heterocycles. The quantitative estimate of drug-likeness (QED) is 0.406. The van der Waals surface area contributed by atoms with E-state index in [-0.39, 0.29) is 18.0 Å². The van der Waals surface area contributed by atoms with Crippen LogP contribution in [0.1, 0.15) is 34.0 Å². The molecule has 8 nitrogen and oxygen atoms in total. The maximum absolute atomic E-state index is 13.3. The molecule has 1 aliphatic rings. The topological polar surface area (TPSA) is 105 Å². The van der Waals surface area contributed by atoms with Crippen molar-refractivity contribution in [2.75, 3.05) is 0 Å². The van der Waals surface area contributed by atoms with E-state index in [2.05, 4.69) is 25.8 Å². The number of nitrogens with one attached hydrogen (secondary N) is 3. The highest BCUT2D eigenvalue weighted by Crippen LogP contribution is 2.20. The molecule has 0 saturated heterocycles. The van der Waals surface area contributed by atoms with E-state index in [1.54, 1.807) is 0 Å². The molecule has 0 spiro atoms. The van der Waals surface area contributed by atoms with Gasteiger partial charge in [-0.2, -0.15) is 0 Å². The number of fused-ring (bicyclic) bond motifs is 2. The lowest BCUT2D eigenvalue weighted by Gasteiger charge is -2.18. The highest BCUT2D eigenvalue weighted by atomic mass is 19.1. The summed E-state index contributed by atoms with van der Waals surface area (Å²) in [7, 11) is 0. The van der Waals surface area contributed by atoms with Crippen LogP contribution in [0, 0.1) is 5.82 Å². The molecule has 9 heteroatoms. The second kappa shape index (κ2) is 8.85. The number of halogens is 1. The minimum atomic E-state index is -0.831. The average Bonchev–Trinajstić information content (AvgIpc) is 3.54. The number of rotatable bonds is 7. The Bertz CT molecular complexity index is 1310. The third-order valence-electron chi connectivity index (χ3n) is 5.93. The zero-order valence-corrected chi connectivity index (χ0v) is 17.8. The van der Waals surface area contributed by atoms with Gasteiger partial charge in [-0.25, -0.2) is 4.39 Å². The van der Waals surface area contributed by atoms with Crippen LogP contribution in [-0.4, -0.2) is 37.6 Å². The molecule has 0 bridgehead atoms. The number of H-pyrrole nitrogens is 1. The van der Waals surface area contributed by atoms with E-state index >= 15 is 0 Å². The van der Waals surface area contributed by atoms with Crippen LogP contribution in [-0.2, 0) is 30.7 Å². The number of hydrogen-bond acceptors (Lipinski definition) is 4. The van der Waals surface area contributed by atoms with E-state index in [9.17, 15) is 14.0 Å². The molecule has 5 rings (SSSR count). The molecule has 33 heavy (non-hydrogen) atoms. The van der Waals surface area contributed by atoms with Crippen LogP contribution in [0.25, 0.3) is 10.9 Å². The van der Waals surface area contributed by atoms with Crippen LogP contribution in [0.2, 0.25) is 0 Å². The fraction of sp³-hybridized carbons (Fsp3) is 0.250. The first-order valence-corrected chi connectivity index (χ1v) is 10.9. The summed E-state index contributed by atoms with van der Waals surface area (Å²) in [5, 5.41) is 15.0. The molecule has 1 atom stereocenters. The first-order valence-electron chi connectivity index (χ1n) is 10.9. The third-order valence-corrected chi connectivity index (χ3v) is 5.93. The second-order valence-corrected chi connectivity index (χ2v) is 8.10. The van der Waals surface area contributed by atoms with Crippen LogP contribution in [0.3, 0.4) is 0 Å². The Morgan fingerprint density at radius 3 is 2.79 bits per heavy atom. The lowest BCUT2D eigenvalue weighted by molar-refractivity contribution is -0.123. The normalized spacial score (nSPS) is 13.6. The lowest BCUT2D eigenvalue weighted by Crippen LogP contribution is -2.48. The molecule has 0 unspecified atom stereocenters. The van der Waals surface area contributed by atoms with Crippen molar-refractivity contribution < 1.29 is 14.0 Å². The first kappa shape index (κ1) is 20.9. The lowest BCUT2D eigenvalue weighted by atomic mass is 10.0. The first-order chi connectivity index (χ1) is 16.1. The number of benzene rings is 2. The number of aromatic nitrogens is 4. The summed E-state index contributed by atoms with van der Waals surface area (Å²) >= 11 is 0. The van der Waals surface area contributed by atoms with Crippen LogP contribution in [0.4, 0.5) is 4.39 Å². The molecule has 3 heterocycles. The Morgan fingerprint density at radius 1 is 1.12 bits per heavy atom. The SMILES string of the molecule is O=C(N[C@@H](Cc1c[nH]c2ccccc12)C(=O)NCc1nnc2n1CCC2)c1ccc(F)cc1. The van der Waals surface area contributed by atoms with Gasteiger partial charge in [0.1, 0.15) is 17.7 Å². The summed E-state index contributed by atoms with van der Waals surface area (Å²) in [4.78, 5) is 29.2. The standard InChI is InChI=1S/C24H23FN6O2/c25-17-9-7-15(8-10-17)23(32)28-20(12-16-13-26-19-5-2-1-4-18(16)19)24(33)27-14-22-30-29-21-6-3-11-31(21)22/h1-2,4-5,7-10,13,20,26H,3,6,11-12,14H2,(H,27,33)(H,28,32)/t20-/m0/s1. The fourth-order valence-electron chi connectivity index (χ4n) is 4.20. The van der Waals surface area contributed by atoms with Crippen molar-refractivity contribution in [3.8, 4) is 0 Å². The van der Waals surface area contributed by atoms with Gasteiger partial charge in [-0.05, 0) is 42.3 Å². The summed E-state index contributed by atoms with van der Waals surface area (Å²) in [6, 6.07) is 12.2. The monoisotopic (exact) mass is 446 g/mol. The average molecular weight is 446 g/mol. The number of nitrogens with zero attached hydrogens (tertiary/aromatic N) is 3. The van der Waals surface area contributed by atoms with Gasteiger partial charge in [-0.15, -0.1) is 10.2 Å². The number of amides is 2. The molecule has 168 valence electrons. The third kappa shape index (κ3) is 4.34. The van der Waals surface area contributed by atoms with Gasteiger partial charge < -0.3 is 20.2 Å². The molecular weight excluding hydrogens is 423 g/mol. The Morgan fingerprint density at radius 2 is 1.94 bits per heavy atom. The predicted octanol–water partition coefficient (Wildman–Crippen LogP) is 2.50. The van der Waals surface area contributed by atoms with Gasteiger partial charge in [0.2, 0.25) is 5.91 Å². The van der Waals surface area contributed by atoms with Gasteiger partial charge in [-0.3, -0.25) is 9.59 Å². The Kier molecular flexibility index (Phi) is 5.60. The number of para-hydroxylation sites is 1. The second-order valence-electron chi connectivity index (χ2n) is 8.10. The minimum absolute atomic E-state index is 0.225. The number of carbonyl (C=O) groups is 2.